The fourth-order valence-corrected chi connectivity index (χ4v) is 3.34. The molecule has 1 atom stereocenters. The number of hydrogen-bond acceptors (Lipinski definition) is 3. The van der Waals surface area contributed by atoms with Crippen molar-refractivity contribution in [3.05, 3.63) is 84.2 Å². The Hall–Kier alpha value is -2.56. The molecular weight excluding hydrogens is 312 g/mol. The predicted molar refractivity (Wildman–Crippen MR) is 97.9 cm³/mol. The largest absolute Gasteiger partial charge is 0.495 e. The first-order valence-electron chi connectivity index (χ1n) is 8.56. The molecule has 0 spiro atoms. The molecule has 1 aromatic heterocycles. The van der Waals surface area contributed by atoms with Gasteiger partial charge in [0.1, 0.15) is 12.0 Å². The third-order valence-electron chi connectivity index (χ3n) is 4.58. The van der Waals surface area contributed by atoms with E-state index in [9.17, 15) is 0 Å². The molecule has 0 unspecified atom stereocenters. The number of aromatic nitrogens is 1. The number of benzene rings is 2. The minimum atomic E-state index is -0.00355. The van der Waals surface area contributed by atoms with Gasteiger partial charge < -0.3 is 14.0 Å². The predicted octanol–water partition coefficient (Wildman–Crippen LogP) is 4.02. The first kappa shape index (κ1) is 15.9. The van der Waals surface area contributed by atoms with Crippen LogP contribution in [0.25, 0.3) is 5.69 Å². The van der Waals surface area contributed by atoms with E-state index in [1.165, 1.54) is 11.1 Å². The maximum absolute atomic E-state index is 6.01. The summed E-state index contributed by atoms with van der Waals surface area (Å²) < 4.78 is 13.6. The number of para-hydroxylation sites is 2. The molecule has 2 aromatic carbocycles. The highest BCUT2D eigenvalue weighted by Crippen LogP contribution is 2.30. The highest BCUT2D eigenvalue weighted by Gasteiger charge is 2.27. The summed E-state index contributed by atoms with van der Waals surface area (Å²) in [4.78, 5) is 2.37. The van der Waals surface area contributed by atoms with Gasteiger partial charge in [0.05, 0.1) is 19.4 Å². The van der Waals surface area contributed by atoms with Crippen molar-refractivity contribution in [1.82, 2.24) is 9.47 Å². The molecule has 0 aliphatic carbocycles. The quantitative estimate of drug-likeness (QED) is 0.705. The maximum atomic E-state index is 6.01. The second-order valence-corrected chi connectivity index (χ2v) is 6.20. The van der Waals surface area contributed by atoms with Crippen LogP contribution in [-0.2, 0) is 11.3 Å². The number of ether oxygens (including phenoxy) is 2. The van der Waals surface area contributed by atoms with E-state index in [4.69, 9.17) is 9.47 Å². The van der Waals surface area contributed by atoms with Crippen LogP contribution in [0.1, 0.15) is 17.4 Å². The third-order valence-corrected chi connectivity index (χ3v) is 4.58. The van der Waals surface area contributed by atoms with Crippen LogP contribution < -0.4 is 4.74 Å². The molecule has 0 N–H and O–H groups in total. The van der Waals surface area contributed by atoms with Crippen LogP contribution in [-0.4, -0.2) is 29.7 Å². The normalized spacial score (nSPS) is 17.7. The van der Waals surface area contributed by atoms with Gasteiger partial charge >= 0.3 is 0 Å². The molecule has 3 aromatic rings. The summed E-state index contributed by atoms with van der Waals surface area (Å²) in [6, 6.07) is 20.7. The first-order chi connectivity index (χ1) is 12.3. The molecule has 1 aliphatic heterocycles. The molecule has 0 amide bonds. The summed E-state index contributed by atoms with van der Waals surface area (Å²) in [6.07, 6.45) is 4.19. The number of nitrogens with zero attached hydrogens (tertiary/aromatic N) is 2. The minimum absolute atomic E-state index is 0.00355. The number of hydrogen-bond donors (Lipinski definition) is 0. The van der Waals surface area contributed by atoms with Crippen LogP contribution in [0.2, 0.25) is 0 Å². The van der Waals surface area contributed by atoms with E-state index in [2.05, 4.69) is 64.3 Å². The highest BCUT2D eigenvalue weighted by atomic mass is 16.5. The topological polar surface area (TPSA) is 26.6 Å². The Bertz CT molecular complexity index is 829. The molecule has 2 heterocycles. The molecule has 1 aliphatic rings. The van der Waals surface area contributed by atoms with Crippen LogP contribution in [0.4, 0.5) is 0 Å². The average molecular weight is 334 g/mol. The van der Waals surface area contributed by atoms with Crippen LogP contribution in [0.15, 0.2) is 73.1 Å². The zero-order valence-corrected chi connectivity index (χ0v) is 14.3. The Morgan fingerprint density at radius 3 is 2.68 bits per heavy atom. The Morgan fingerprint density at radius 1 is 1.04 bits per heavy atom. The molecule has 0 bridgehead atoms. The van der Waals surface area contributed by atoms with Gasteiger partial charge in [-0.2, -0.15) is 0 Å². The third kappa shape index (κ3) is 3.31. The van der Waals surface area contributed by atoms with E-state index in [0.717, 1.165) is 31.1 Å². The monoisotopic (exact) mass is 334 g/mol. The van der Waals surface area contributed by atoms with Crippen molar-refractivity contribution < 1.29 is 9.47 Å². The lowest BCUT2D eigenvalue weighted by Crippen LogP contribution is -2.23. The summed E-state index contributed by atoms with van der Waals surface area (Å²) in [5.41, 5.74) is 3.50. The summed E-state index contributed by atoms with van der Waals surface area (Å²) in [7, 11) is 1.70. The van der Waals surface area contributed by atoms with Gasteiger partial charge in [-0.3, -0.25) is 4.90 Å². The van der Waals surface area contributed by atoms with Crippen molar-refractivity contribution in [2.45, 2.75) is 12.8 Å². The van der Waals surface area contributed by atoms with Gasteiger partial charge in [-0.15, -0.1) is 0 Å². The van der Waals surface area contributed by atoms with Gasteiger partial charge in [0.2, 0.25) is 0 Å². The lowest BCUT2D eigenvalue weighted by Gasteiger charge is -2.22. The molecule has 25 heavy (non-hydrogen) atoms. The van der Waals surface area contributed by atoms with E-state index < -0.39 is 0 Å². The van der Waals surface area contributed by atoms with Crippen molar-refractivity contribution in [2.75, 3.05) is 20.3 Å². The Balaban J connectivity index is 1.56. The van der Waals surface area contributed by atoms with Crippen LogP contribution in [0.3, 0.4) is 0 Å². The lowest BCUT2D eigenvalue weighted by atomic mass is 10.2. The number of rotatable bonds is 5. The fraction of sp³-hybridized carbons (Fsp3) is 0.238. The second-order valence-electron chi connectivity index (χ2n) is 6.20. The van der Waals surface area contributed by atoms with Gasteiger partial charge in [-0.1, -0.05) is 42.5 Å². The Kier molecular flexibility index (Phi) is 4.55. The van der Waals surface area contributed by atoms with Crippen molar-refractivity contribution in [3.63, 3.8) is 0 Å². The van der Waals surface area contributed by atoms with E-state index in [-0.39, 0.29) is 6.23 Å². The lowest BCUT2D eigenvalue weighted by molar-refractivity contribution is 0.0288. The molecule has 1 saturated heterocycles. The summed E-state index contributed by atoms with van der Waals surface area (Å²) in [6.45, 7) is 2.60. The second kappa shape index (κ2) is 7.13. The molecule has 128 valence electrons. The van der Waals surface area contributed by atoms with Gasteiger partial charge in [0.25, 0.3) is 0 Å². The average Bonchev–Trinajstić information content (AvgIpc) is 3.31. The first-order valence-corrected chi connectivity index (χ1v) is 8.56. The smallest absolute Gasteiger partial charge is 0.142 e. The molecule has 4 nitrogen and oxygen atoms in total. The van der Waals surface area contributed by atoms with Gasteiger partial charge in [-0.25, -0.2) is 0 Å². The van der Waals surface area contributed by atoms with Crippen molar-refractivity contribution >= 4 is 0 Å². The molecule has 4 heteroatoms. The Morgan fingerprint density at radius 2 is 1.84 bits per heavy atom. The fourth-order valence-electron chi connectivity index (χ4n) is 3.34. The van der Waals surface area contributed by atoms with E-state index in [1.54, 1.807) is 7.11 Å². The van der Waals surface area contributed by atoms with Crippen molar-refractivity contribution in [2.24, 2.45) is 0 Å². The van der Waals surface area contributed by atoms with Crippen LogP contribution in [0.5, 0.6) is 5.75 Å². The SMILES string of the molecule is COc1ccccc1-n1ccc([C@@H]2OCCN2Cc2ccccc2)c1. The highest BCUT2D eigenvalue weighted by molar-refractivity contribution is 5.47. The Labute approximate surface area is 148 Å². The van der Waals surface area contributed by atoms with Gasteiger partial charge in [0.15, 0.2) is 0 Å². The van der Waals surface area contributed by atoms with Crippen LogP contribution in [0, 0.1) is 0 Å². The van der Waals surface area contributed by atoms with E-state index in [0.29, 0.717) is 0 Å². The summed E-state index contributed by atoms with van der Waals surface area (Å²) in [5.74, 6) is 0.859. The van der Waals surface area contributed by atoms with Crippen molar-refractivity contribution in [3.8, 4) is 11.4 Å². The minimum Gasteiger partial charge on any atom is -0.495 e. The zero-order chi connectivity index (χ0) is 17.1. The van der Waals surface area contributed by atoms with Crippen molar-refractivity contribution in [1.29, 1.82) is 0 Å². The molecule has 0 radical (unpaired) electrons. The molecule has 1 fully saturated rings. The zero-order valence-electron chi connectivity index (χ0n) is 14.3. The molecule has 0 saturated carbocycles. The number of methoxy groups -OCH3 is 1. The summed E-state index contributed by atoms with van der Waals surface area (Å²) >= 11 is 0. The molecular formula is C21H22N2O2. The standard InChI is InChI=1S/C21H22N2O2/c1-24-20-10-6-5-9-19(20)22-12-11-18(16-22)21-23(13-14-25-21)15-17-7-3-2-4-8-17/h2-12,16,21H,13-15H2,1H3/t21-/m0/s1. The van der Waals surface area contributed by atoms with Crippen LogP contribution >= 0.6 is 0 Å². The van der Waals surface area contributed by atoms with Gasteiger partial charge in [0, 0.05) is 31.0 Å². The maximum Gasteiger partial charge on any atom is 0.142 e. The van der Waals surface area contributed by atoms with E-state index in [1.807, 2.05) is 18.2 Å². The molecule has 4 rings (SSSR count). The van der Waals surface area contributed by atoms with E-state index >= 15 is 0 Å². The van der Waals surface area contributed by atoms with Gasteiger partial charge in [-0.05, 0) is 23.8 Å². The summed E-state index contributed by atoms with van der Waals surface area (Å²) in [5, 5.41) is 0.